The van der Waals surface area contributed by atoms with Gasteiger partial charge in [-0.05, 0) is 29.3 Å². The second kappa shape index (κ2) is 7.69. The number of carbonyl (C=O) groups is 3. The summed E-state index contributed by atoms with van der Waals surface area (Å²) in [4.78, 5) is 40.1. The third-order valence-electron chi connectivity index (χ3n) is 4.54. The minimum atomic E-state index is -1.03. The van der Waals surface area contributed by atoms with E-state index >= 15 is 0 Å². The van der Waals surface area contributed by atoms with Gasteiger partial charge in [0.2, 0.25) is 0 Å². The zero-order chi connectivity index (χ0) is 20.6. The molecule has 4 amide bonds. The number of urea groups is 1. The highest BCUT2D eigenvalue weighted by Crippen LogP contribution is 2.35. The molecule has 1 saturated heterocycles. The number of carbonyl (C=O) groups excluding carboxylic acids is 2. The average Bonchev–Trinajstić information content (AvgIpc) is 2.87. The van der Waals surface area contributed by atoms with Gasteiger partial charge in [-0.15, -0.1) is 0 Å². The van der Waals surface area contributed by atoms with Crippen molar-refractivity contribution in [3.8, 4) is 0 Å². The van der Waals surface area contributed by atoms with Gasteiger partial charge >= 0.3 is 12.1 Å². The molecule has 1 unspecified atom stereocenters. The van der Waals surface area contributed by atoms with Crippen LogP contribution in [0.3, 0.4) is 0 Å². The average molecular weight is 422 g/mol. The third kappa shape index (κ3) is 3.63. The van der Waals surface area contributed by atoms with E-state index in [0.717, 1.165) is 15.4 Å². The zero-order valence-corrected chi connectivity index (χ0v) is 16.6. The SMILES string of the molecule is CN(Cc1ccc(C2C(=O)N(c3ccc(Cl)c(Cl)c3)C(=O)N2C)cc1)C(=O)O. The molecule has 28 heavy (non-hydrogen) atoms. The van der Waals surface area contributed by atoms with E-state index in [2.05, 4.69) is 0 Å². The molecule has 1 fully saturated rings. The van der Waals surface area contributed by atoms with Crippen LogP contribution in [0.4, 0.5) is 15.3 Å². The molecular weight excluding hydrogens is 405 g/mol. The van der Waals surface area contributed by atoms with Gasteiger partial charge < -0.3 is 14.9 Å². The largest absolute Gasteiger partial charge is 0.465 e. The molecule has 1 heterocycles. The second-order valence-electron chi connectivity index (χ2n) is 6.45. The fraction of sp³-hybridized carbons (Fsp3) is 0.211. The number of anilines is 1. The number of carboxylic acid groups (broad SMARTS) is 1. The number of hydrogen-bond acceptors (Lipinski definition) is 3. The predicted octanol–water partition coefficient (Wildman–Crippen LogP) is 4.24. The summed E-state index contributed by atoms with van der Waals surface area (Å²) in [6.07, 6.45) is -1.03. The summed E-state index contributed by atoms with van der Waals surface area (Å²) in [5, 5.41) is 9.53. The fourth-order valence-corrected chi connectivity index (χ4v) is 3.32. The Balaban J connectivity index is 1.86. The van der Waals surface area contributed by atoms with Crippen LogP contribution in [-0.4, -0.2) is 47.0 Å². The number of rotatable bonds is 4. The molecule has 0 radical (unpaired) electrons. The van der Waals surface area contributed by atoms with Crippen LogP contribution in [0.1, 0.15) is 17.2 Å². The molecule has 146 valence electrons. The maximum Gasteiger partial charge on any atom is 0.407 e. The van der Waals surface area contributed by atoms with E-state index < -0.39 is 24.1 Å². The Labute approximate surface area is 171 Å². The Kier molecular flexibility index (Phi) is 5.49. The molecule has 0 aliphatic carbocycles. The van der Waals surface area contributed by atoms with E-state index in [4.69, 9.17) is 28.3 Å². The molecule has 0 saturated carbocycles. The summed E-state index contributed by atoms with van der Waals surface area (Å²) in [5.74, 6) is -0.402. The Hall–Kier alpha value is -2.77. The van der Waals surface area contributed by atoms with Crippen molar-refractivity contribution in [3.63, 3.8) is 0 Å². The number of halogens is 2. The Morgan fingerprint density at radius 2 is 1.75 bits per heavy atom. The van der Waals surface area contributed by atoms with Gasteiger partial charge in [0.1, 0.15) is 6.04 Å². The first-order valence-electron chi connectivity index (χ1n) is 8.29. The van der Waals surface area contributed by atoms with Gasteiger partial charge in [-0.1, -0.05) is 47.5 Å². The molecule has 2 aromatic carbocycles. The lowest BCUT2D eigenvalue weighted by Crippen LogP contribution is -2.31. The first-order valence-corrected chi connectivity index (χ1v) is 9.05. The number of likely N-dealkylation sites (N-methyl/N-ethyl adjacent to an activating group) is 1. The summed E-state index contributed by atoms with van der Waals surface area (Å²) in [6.45, 7) is 0.221. The van der Waals surface area contributed by atoms with E-state index in [1.54, 1.807) is 37.4 Å². The molecule has 0 bridgehead atoms. The minimum Gasteiger partial charge on any atom is -0.465 e. The van der Waals surface area contributed by atoms with Gasteiger partial charge in [-0.2, -0.15) is 0 Å². The number of nitrogens with zero attached hydrogens (tertiary/aromatic N) is 3. The van der Waals surface area contributed by atoms with Crippen LogP contribution < -0.4 is 4.90 Å². The predicted molar refractivity (Wildman–Crippen MR) is 106 cm³/mol. The number of amides is 4. The standard InChI is InChI=1S/C19H17Cl2N3O4/c1-22(19(27)28)10-11-3-5-12(6-4-11)16-17(25)24(18(26)23(16)2)13-7-8-14(20)15(21)9-13/h3-9,16H,10H2,1-2H3,(H,27,28). The van der Waals surface area contributed by atoms with Gasteiger partial charge in [0.05, 0.1) is 15.7 Å². The summed E-state index contributed by atoms with van der Waals surface area (Å²) >= 11 is 11.9. The lowest BCUT2D eigenvalue weighted by atomic mass is 10.0. The highest BCUT2D eigenvalue weighted by molar-refractivity contribution is 6.42. The molecule has 1 aliphatic rings. The first kappa shape index (κ1) is 20.0. The van der Waals surface area contributed by atoms with Gasteiger partial charge in [0.25, 0.3) is 5.91 Å². The molecular formula is C19H17Cl2N3O4. The topological polar surface area (TPSA) is 81.2 Å². The van der Waals surface area contributed by atoms with Crippen molar-refractivity contribution in [1.29, 1.82) is 0 Å². The highest BCUT2D eigenvalue weighted by atomic mass is 35.5. The number of hydrogen-bond donors (Lipinski definition) is 1. The van der Waals surface area contributed by atoms with E-state index in [-0.39, 0.29) is 11.6 Å². The van der Waals surface area contributed by atoms with Crippen LogP contribution >= 0.6 is 23.2 Å². The highest BCUT2D eigenvalue weighted by Gasteiger charge is 2.44. The maximum atomic E-state index is 13.0. The van der Waals surface area contributed by atoms with Crippen molar-refractivity contribution in [1.82, 2.24) is 9.80 Å². The molecule has 2 aromatic rings. The number of imide groups is 1. The van der Waals surface area contributed by atoms with Crippen LogP contribution in [0.25, 0.3) is 0 Å². The maximum absolute atomic E-state index is 13.0. The van der Waals surface area contributed by atoms with Gasteiger partial charge in [-0.25, -0.2) is 14.5 Å². The Bertz CT molecular complexity index is 949. The van der Waals surface area contributed by atoms with Gasteiger partial charge in [0.15, 0.2) is 0 Å². The molecule has 1 N–H and O–H groups in total. The van der Waals surface area contributed by atoms with Crippen molar-refractivity contribution in [3.05, 3.63) is 63.6 Å². The molecule has 7 nitrogen and oxygen atoms in total. The lowest BCUT2D eigenvalue weighted by molar-refractivity contribution is -0.119. The van der Waals surface area contributed by atoms with E-state index in [1.807, 2.05) is 0 Å². The molecule has 9 heteroatoms. The quantitative estimate of drug-likeness (QED) is 0.748. The van der Waals surface area contributed by atoms with Gasteiger partial charge in [-0.3, -0.25) is 4.79 Å². The van der Waals surface area contributed by atoms with Crippen molar-refractivity contribution in [2.45, 2.75) is 12.6 Å². The normalized spacial score (nSPS) is 16.6. The van der Waals surface area contributed by atoms with Crippen molar-refractivity contribution in [2.24, 2.45) is 0 Å². The number of benzene rings is 2. The van der Waals surface area contributed by atoms with Gasteiger partial charge in [0, 0.05) is 20.6 Å². The monoisotopic (exact) mass is 421 g/mol. The fourth-order valence-electron chi connectivity index (χ4n) is 3.03. The Morgan fingerprint density at radius 1 is 1.11 bits per heavy atom. The van der Waals surface area contributed by atoms with Crippen LogP contribution in [-0.2, 0) is 11.3 Å². The van der Waals surface area contributed by atoms with Crippen molar-refractivity contribution < 1.29 is 19.5 Å². The van der Waals surface area contributed by atoms with E-state index in [9.17, 15) is 14.4 Å². The minimum absolute atomic E-state index is 0.221. The molecule has 0 spiro atoms. The van der Waals surface area contributed by atoms with Crippen LogP contribution in [0.2, 0.25) is 10.0 Å². The van der Waals surface area contributed by atoms with Crippen molar-refractivity contribution in [2.75, 3.05) is 19.0 Å². The summed E-state index contributed by atoms with van der Waals surface area (Å²) < 4.78 is 0. The third-order valence-corrected chi connectivity index (χ3v) is 5.28. The molecule has 1 atom stereocenters. The lowest BCUT2D eigenvalue weighted by Gasteiger charge is -2.17. The summed E-state index contributed by atoms with van der Waals surface area (Å²) in [5.41, 5.74) is 1.75. The van der Waals surface area contributed by atoms with Crippen LogP contribution in [0.5, 0.6) is 0 Å². The molecule has 0 aromatic heterocycles. The first-order chi connectivity index (χ1) is 13.2. The van der Waals surface area contributed by atoms with E-state index in [1.165, 1.54) is 24.1 Å². The second-order valence-corrected chi connectivity index (χ2v) is 7.26. The summed E-state index contributed by atoms with van der Waals surface area (Å²) in [6, 6.07) is 10.2. The van der Waals surface area contributed by atoms with Crippen LogP contribution in [0, 0.1) is 0 Å². The molecule has 1 aliphatic heterocycles. The molecule has 3 rings (SSSR count). The zero-order valence-electron chi connectivity index (χ0n) is 15.1. The van der Waals surface area contributed by atoms with E-state index in [0.29, 0.717) is 16.3 Å². The van der Waals surface area contributed by atoms with Crippen LogP contribution in [0.15, 0.2) is 42.5 Å². The van der Waals surface area contributed by atoms with Crippen molar-refractivity contribution >= 4 is 46.9 Å². The summed E-state index contributed by atoms with van der Waals surface area (Å²) in [7, 11) is 3.02. The smallest absolute Gasteiger partial charge is 0.407 e. The Morgan fingerprint density at radius 3 is 2.32 bits per heavy atom.